The number of carbonyl (C=O) groups excluding carboxylic acids is 4. The van der Waals surface area contributed by atoms with Crippen LogP contribution in [0, 0.1) is 0 Å². The summed E-state index contributed by atoms with van der Waals surface area (Å²) in [6, 6.07) is 12.1. The van der Waals surface area contributed by atoms with E-state index in [0.29, 0.717) is 5.56 Å². The number of hydrogen-bond donors (Lipinski definition) is 3. The molecule has 0 saturated heterocycles. The third-order valence-corrected chi connectivity index (χ3v) is 3.55. The van der Waals surface area contributed by atoms with Crippen molar-refractivity contribution >= 4 is 34.6 Å². The molecule has 0 aromatic heterocycles. The fourth-order valence-electron chi connectivity index (χ4n) is 2.15. The summed E-state index contributed by atoms with van der Waals surface area (Å²) in [7, 11) is 1.35. The van der Waals surface area contributed by atoms with Gasteiger partial charge in [0.25, 0.3) is 11.8 Å². The molecule has 0 fully saturated rings. The van der Waals surface area contributed by atoms with Crippen molar-refractivity contribution in [3.8, 4) is 0 Å². The maximum atomic E-state index is 12.1. The molecule has 2 rings (SSSR count). The first-order valence-corrected chi connectivity index (χ1v) is 7.89. The maximum Gasteiger partial charge on any atom is 0.326 e. The number of esters is 1. The minimum Gasteiger partial charge on any atom is -0.451 e. The molecule has 4 amide bonds. The Morgan fingerprint density at radius 2 is 1.73 bits per heavy atom. The first kappa shape index (κ1) is 18.9. The van der Waals surface area contributed by atoms with Crippen molar-refractivity contribution in [1.29, 1.82) is 0 Å². The van der Waals surface area contributed by atoms with Gasteiger partial charge in [0.15, 0.2) is 6.10 Å². The van der Waals surface area contributed by atoms with E-state index in [1.165, 1.54) is 14.0 Å². The van der Waals surface area contributed by atoms with Crippen LogP contribution in [0.2, 0.25) is 0 Å². The Bertz CT molecular complexity index is 850. The number of amides is 4. The summed E-state index contributed by atoms with van der Waals surface area (Å²) < 4.78 is 4.87. The Labute approximate surface area is 149 Å². The van der Waals surface area contributed by atoms with Crippen molar-refractivity contribution in [3.63, 3.8) is 0 Å². The second kappa shape index (κ2) is 8.61. The average Bonchev–Trinajstić information content (AvgIpc) is 2.65. The van der Waals surface area contributed by atoms with E-state index in [4.69, 9.17) is 4.74 Å². The number of carbonyl (C=O) groups is 4. The molecule has 1 atom stereocenters. The normalized spacial score (nSPS) is 11.3. The molecule has 0 aliphatic carbocycles. The molecule has 2 aromatic carbocycles. The number of rotatable bonds is 5. The summed E-state index contributed by atoms with van der Waals surface area (Å²) in [6.45, 7) is 0.921. The summed E-state index contributed by atoms with van der Waals surface area (Å²) in [5.74, 6) is -1.99. The first-order chi connectivity index (χ1) is 12.4. The first-order valence-electron chi connectivity index (χ1n) is 7.89. The van der Waals surface area contributed by atoms with Gasteiger partial charge in [-0.1, -0.05) is 30.3 Å². The van der Waals surface area contributed by atoms with E-state index in [2.05, 4.69) is 10.6 Å². The van der Waals surface area contributed by atoms with Gasteiger partial charge in [-0.15, -0.1) is 0 Å². The van der Waals surface area contributed by atoms with Crippen molar-refractivity contribution in [2.24, 2.45) is 0 Å². The second-order valence-corrected chi connectivity index (χ2v) is 5.45. The molecule has 26 heavy (non-hydrogen) atoms. The number of fused-ring (bicyclic) bond motifs is 1. The van der Waals surface area contributed by atoms with Crippen LogP contribution in [0.4, 0.5) is 4.79 Å². The van der Waals surface area contributed by atoms with E-state index in [9.17, 15) is 19.2 Å². The fourth-order valence-corrected chi connectivity index (χ4v) is 2.15. The summed E-state index contributed by atoms with van der Waals surface area (Å²) in [5.41, 5.74) is 0.405. The second-order valence-electron chi connectivity index (χ2n) is 5.45. The van der Waals surface area contributed by atoms with E-state index < -0.39 is 36.5 Å². The third kappa shape index (κ3) is 5.04. The van der Waals surface area contributed by atoms with Gasteiger partial charge >= 0.3 is 12.0 Å². The monoisotopic (exact) mass is 357 g/mol. The minimum atomic E-state index is -1.17. The lowest BCUT2D eigenvalue weighted by Gasteiger charge is -2.13. The SMILES string of the molecule is CNC(=O)NC(=O)[C@H](C)OC(=O)CNC(=O)c1ccc2ccccc2c1. The molecule has 0 spiro atoms. The number of nitrogens with one attached hydrogen (secondary N) is 3. The van der Waals surface area contributed by atoms with Gasteiger partial charge < -0.3 is 15.4 Å². The van der Waals surface area contributed by atoms with Gasteiger partial charge in [0.1, 0.15) is 6.54 Å². The van der Waals surface area contributed by atoms with Gasteiger partial charge in [0.05, 0.1) is 0 Å². The Hall–Kier alpha value is -3.42. The van der Waals surface area contributed by atoms with Crippen LogP contribution in [0.1, 0.15) is 17.3 Å². The van der Waals surface area contributed by atoms with Crippen molar-refractivity contribution in [2.45, 2.75) is 13.0 Å². The standard InChI is InChI=1S/C18H19N3O5/c1-11(16(23)21-18(25)19-2)26-15(22)10-20-17(24)14-8-7-12-5-3-4-6-13(12)9-14/h3-9,11H,10H2,1-2H3,(H,20,24)(H2,19,21,23,25)/t11-/m0/s1. The van der Waals surface area contributed by atoms with Crippen LogP contribution in [0.15, 0.2) is 42.5 Å². The summed E-state index contributed by atoms with van der Waals surface area (Å²) in [4.78, 5) is 46.5. The van der Waals surface area contributed by atoms with Crippen LogP contribution >= 0.6 is 0 Å². The fraction of sp³-hybridized carbons (Fsp3) is 0.222. The predicted molar refractivity (Wildman–Crippen MR) is 94.4 cm³/mol. The Morgan fingerprint density at radius 3 is 2.42 bits per heavy atom. The molecular formula is C18H19N3O5. The van der Waals surface area contributed by atoms with Crippen molar-refractivity contribution < 1.29 is 23.9 Å². The molecule has 0 aliphatic heterocycles. The highest BCUT2D eigenvalue weighted by Crippen LogP contribution is 2.15. The largest absolute Gasteiger partial charge is 0.451 e. The molecule has 8 nitrogen and oxygen atoms in total. The van der Waals surface area contributed by atoms with Gasteiger partial charge in [-0.2, -0.15) is 0 Å². The molecule has 3 N–H and O–H groups in total. The van der Waals surface area contributed by atoms with Crippen LogP contribution in [0.25, 0.3) is 10.8 Å². The van der Waals surface area contributed by atoms with Gasteiger partial charge in [-0.05, 0) is 29.8 Å². The van der Waals surface area contributed by atoms with Crippen LogP contribution in [0.3, 0.4) is 0 Å². The molecule has 8 heteroatoms. The van der Waals surface area contributed by atoms with Crippen molar-refractivity contribution in [3.05, 3.63) is 48.0 Å². The van der Waals surface area contributed by atoms with Crippen LogP contribution in [-0.2, 0) is 14.3 Å². The van der Waals surface area contributed by atoms with E-state index >= 15 is 0 Å². The number of imide groups is 1. The maximum absolute atomic E-state index is 12.1. The quantitative estimate of drug-likeness (QED) is 0.690. The van der Waals surface area contributed by atoms with Gasteiger partial charge in [-0.25, -0.2) is 4.79 Å². The minimum absolute atomic E-state index is 0.400. The third-order valence-electron chi connectivity index (χ3n) is 3.55. The van der Waals surface area contributed by atoms with Crippen molar-refractivity contribution in [1.82, 2.24) is 16.0 Å². The van der Waals surface area contributed by atoms with Gasteiger partial charge in [-0.3, -0.25) is 19.7 Å². The number of urea groups is 1. The Kier molecular flexibility index (Phi) is 6.26. The van der Waals surface area contributed by atoms with Crippen LogP contribution in [-0.4, -0.2) is 43.5 Å². The molecule has 0 saturated carbocycles. The lowest BCUT2D eigenvalue weighted by molar-refractivity contribution is -0.153. The highest BCUT2D eigenvalue weighted by atomic mass is 16.5. The molecule has 0 unspecified atom stereocenters. The average molecular weight is 357 g/mol. The Morgan fingerprint density at radius 1 is 1.04 bits per heavy atom. The van der Waals surface area contributed by atoms with E-state index in [0.717, 1.165) is 10.8 Å². The number of benzene rings is 2. The molecule has 2 aromatic rings. The zero-order chi connectivity index (χ0) is 19.1. The summed E-state index contributed by atoms with van der Waals surface area (Å²) in [5, 5.41) is 8.53. The topological polar surface area (TPSA) is 114 Å². The molecule has 0 heterocycles. The highest BCUT2D eigenvalue weighted by molar-refractivity contribution is 6.00. The van der Waals surface area contributed by atoms with Crippen LogP contribution in [0.5, 0.6) is 0 Å². The summed E-state index contributed by atoms with van der Waals surface area (Å²) >= 11 is 0. The van der Waals surface area contributed by atoms with Gasteiger partial charge in [0.2, 0.25) is 0 Å². The van der Waals surface area contributed by atoms with E-state index in [1.807, 2.05) is 35.6 Å². The Balaban J connectivity index is 1.86. The van der Waals surface area contributed by atoms with E-state index in [-0.39, 0.29) is 0 Å². The number of hydrogen-bond acceptors (Lipinski definition) is 5. The lowest BCUT2D eigenvalue weighted by Crippen LogP contribution is -2.44. The molecule has 0 bridgehead atoms. The molecule has 0 radical (unpaired) electrons. The zero-order valence-corrected chi connectivity index (χ0v) is 14.4. The van der Waals surface area contributed by atoms with Gasteiger partial charge in [0, 0.05) is 12.6 Å². The van der Waals surface area contributed by atoms with Crippen LogP contribution < -0.4 is 16.0 Å². The predicted octanol–water partition coefficient (Wildman–Crippen LogP) is 0.957. The zero-order valence-electron chi connectivity index (χ0n) is 14.4. The molecular weight excluding hydrogens is 338 g/mol. The number of ether oxygens (including phenoxy) is 1. The lowest BCUT2D eigenvalue weighted by atomic mass is 10.1. The molecule has 0 aliphatic rings. The molecule has 136 valence electrons. The smallest absolute Gasteiger partial charge is 0.326 e. The summed E-state index contributed by atoms with van der Waals surface area (Å²) in [6.07, 6.45) is -1.17. The van der Waals surface area contributed by atoms with Crippen molar-refractivity contribution in [2.75, 3.05) is 13.6 Å². The highest BCUT2D eigenvalue weighted by Gasteiger charge is 2.20. The van der Waals surface area contributed by atoms with E-state index in [1.54, 1.807) is 12.1 Å².